The van der Waals surface area contributed by atoms with Gasteiger partial charge in [-0.3, -0.25) is 0 Å². The number of ether oxygens (including phenoxy) is 2. The maximum Gasteiger partial charge on any atom is 0.165 e. The largest absolute Gasteiger partial charge is 0.493 e. The lowest BCUT2D eigenvalue weighted by Gasteiger charge is -2.13. The molecule has 0 saturated carbocycles. The van der Waals surface area contributed by atoms with Crippen LogP contribution in [0, 0.1) is 5.82 Å². The van der Waals surface area contributed by atoms with Gasteiger partial charge >= 0.3 is 0 Å². The number of para-hydroxylation sites is 1. The van der Waals surface area contributed by atoms with E-state index in [9.17, 15) is 4.39 Å². The fraction of sp³-hybridized carbons (Fsp3) is 0.160. The summed E-state index contributed by atoms with van der Waals surface area (Å²) in [6, 6.07) is 19.6. The molecular formula is C25H23ClFN3O2. The van der Waals surface area contributed by atoms with Crippen molar-refractivity contribution < 1.29 is 13.9 Å². The standard InChI is InChI=1S/C25H23ClFN3O2/c1-31-23-9-5-6-17(25(23)32-2)14-28-15-18-16-30(20-12-10-19(27)11-13-20)29-24(18)21-7-3-4-8-22(21)26/h3-13,16,28H,14-15H2,1-2H3. The van der Waals surface area contributed by atoms with Crippen LogP contribution < -0.4 is 14.8 Å². The average Bonchev–Trinajstić information content (AvgIpc) is 3.23. The minimum Gasteiger partial charge on any atom is -0.493 e. The third-order valence-corrected chi connectivity index (χ3v) is 5.46. The molecule has 0 atom stereocenters. The number of hydrogen-bond donors (Lipinski definition) is 1. The molecule has 0 saturated heterocycles. The van der Waals surface area contributed by atoms with Gasteiger partial charge in [0.25, 0.3) is 0 Å². The molecule has 1 aromatic heterocycles. The van der Waals surface area contributed by atoms with Crippen LogP contribution in [0.1, 0.15) is 11.1 Å². The van der Waals surface area contributed by atoms with Gasteiger partial charge in [-0.25, -0.2) is 9.07 Å². The number of rotatable bonds is 8. The first-order valence-corrected chi connectivity index (χ1v) is 10.5. The highest BCUT2D eigenvalue weighted by Crippen LogP contribution is 2.32. The maximum atomic E-state index is 13.4. The van der Waals surface area contributed by atoms with E-state index in [0.717, 1.165) is 28.1 Å². The second-order valence-electron chi connectivity index (χ2n) is 7.16. The predicted octanol–water partition coefficient (Wildman–Crippen LogP) is 5.64. The van der Waals surface area contributed by atoms with Crippen molar-refractivity contribution in [2.24, 2.45) is 0 Å². The third-order valence-electron chi connectivity index (χ3n) is 5.13. The number of nitrogens with one attached hydrogen (secondary N) is 1. The highest BCUT2D eigenvalue weighted by molar-refractivity contribution is 6.33. The van der Waals surface area contributed by atoms with E-state index in [-0.39, 0.29) is 5.82 Å². The lowest BCUT2D eigenvalue weighted by Crippen LogP contribution is -2.14. The van der Waals surface area contributed by atoms with Crippen LogP contribution in [0.15, 0.2) is 72.9 Å². The van der Waals surface area contributed by atoms with E-state index >= 15 is 0 Å². The van der Waals surface area contributed by atoms with Crippen LogP contribution in [0.3, 0.4) is 0 Å². The van der Waals surface area contributed by atoms with Crippen LogP contribution in [0.2, 0.25) is 5.02 Å². The quantitative estimate of drug-likeness (QED) is 0.376. The number of benzene rings is 3. The second kappa shape index (κ2) is 9.85. The summed E-state index contributed by atoms with van der Waals surface area (Å²) in [4.78, 5) is 0. The third kappa shape index (κ3) is 4.61. The second-order valence-corrected chi connectivity index (χ2v) is 7.57. The number of hydrogen-bond acceptors (Lipinski definition) is 4. The van der Waals surface area contributed by atoms with Gasteiger partial charge in [0.05, 0.1) is 30.6 Å². The Balaban J connectivity index is 1.63. The first-order valence-electron chi connectivity index (χ1n) is 10.1. The van der Waals surface area contributed by atoms with E-state index in [2.05, 4.69) is 5.32 Å². The number of halogens is 2. The zero-order chi connectivity index (χ0) is 22.5. The Labute approximate surface area is 191 Å². The molecule has 0 spiro atoms. The normalized spacial score (nSPS) is 10.9. The smallest absolute Gasteiger partial charge is 0.165 e. The lowest BCUT2D eigenvalue weighted by atomic mass is 10.1. The summed E-state index contributed by atoms with van der Waals surface area (Å²) in [5, 5.41) is 8.83. The van der Waals surface area contributed by atoms with Crippen molar-refractivity contribution in [2.45, 2.75) is 13.1 Å². The molecule has 0 radical (unpaired) electrons. The van der Waals surface area contributed by atoms with Gasteiger partial charge < -0.3 is 14.8 Å². The van der Waals surface area contributed by atoms with E-state index < -0.39 is 0 Å². The van der Waals surface area contributed by atoms with Crippen LogP contribution >= 0.6 is 11.6 Å². The molecular weight excluding hydrogens is 429 g/mol. The van der Waals surface area contributed by atoms with E-state index in [1.807, 2.05) is 48.7 Å². The van der Waals surface area contributed by atoms with Crippen LogP contribution in [-0.4, -0.2) is 24.0 Å². The maximum absolute atomic E-state index is 13.4. The fourth-order valence-electron chi connectivity index (χ4n) is 3.57. The summed E-state index contributed by atoms with van der Waals surface area (Å²) >= 11 is 6.46. The number of nitrogens with zero attached hydrogens (tertiary/aromatic N) is 2. The van der Waals surface area contributed by atoms with Crippen LogP contribution in [0.5, 0.6) is 11.5 Å². The Bertz CT molecular complexity index is 1210. The van der Waals surface area contributed by atoms with E-state index in [1.54, 1.807) is 31.0 Å². The van der Waals surface area contributed by atoms with Gasteiger partial charge in [0, 0.05) is 36.0 Å². The molecule has 32 heavy (non-hydrogen) atoms. The van der Waals surface area contributed by atoms with Crippen LogP contribution in [0.25, 0.3) is 16.9 Å². The Morgan fingerprint density at radius 1 is 0.906 bits per heavy atom. The minimum absolute atomic E-state index is 0.290. The number of methoxy groups -OCH3 is 2. The molecule has 0 aliphatic heterocycles. The monoisotopic (exact) mass is 451 g/mol. The molecule has 0 bridgehead atoms. The summed E-state index contributed by atoms with van der Waals surface area (Å²) in [7, 11) is 3.25. The molecule has 1 N–H and O–H groups in total. The Hall–Kier alpha value is -3.35. The molecule has 5 nitrogen and oxygen atoms in total. The molecule has 3 aromatic carbocycles. The Morgan fingerprint density at radius 3 is 2.38 bits per heavy atom. The van der Waals surface area contributed by atoms with Gasteiger partial charge in [0.2, 0.25) is 0 Å². The zero-order valence-corrected chi connectivity index (χ0v) is 18.6. The predicted molar refractivity (Wildman–Crippen MR) is 124 cm³/mol. The topological polar surface area (TPSA) is 48.3 Å². The molecule has 164 valence electrons. The molecule has 7 heteroatoms. The van der Waals surface area contributed by atoms with Crippen molar-refractivity contribution in [2.75, 3.05) is 14.2 Å². The van der Waals surface area contributed by atoms with Gasteiger partial charge in [-0.15, -0.1) is 0 Å². The van der Waals surface area contributed by atoms with Gasteiger partial charge in [-0.2, -0.15) is 5.10 Å². The summed E-state index contributed by atoms with van der Waals surface area (Å²) in [6.45, 7) is 1.12. The van der Waals surface area contributed by atoms with Crippen molar-refractivity contribution in [3.05, 3.63) is 94.9 Å². The molecule has 0 amide bonds. The van der Waals surface area contributed by atoms with Gasteiger partial charge in [0.15, 0.2) is 11.5 Å². The SMILES string of the molecule is COc1cccc(CNCc2cn(-c3ccc(F)cc3)nc2-c2ccccc2Cl)c1OC. The summed E-state index contributed by atoms with van der Waals surface area (Å²) < 4.78 is 26.0. The van der Waals surface area contributed by atoms with Crippen molar-refractivity contribution in [3.8, 4) is 28.4 Å². The summed E-state index contributed by atoms with van der Waals surface area (Å²) in [5.41, 5.74) is 4.32. The molecule has 1 heterocycles. The Kier molecular flexibility index (Phi) is 6.73. The molecule has 4 rings (SSSR count). The fourth-order valence-corrected chi connectivity index (χ4v) is 3.80. The van der Waals surface area contributed by atoms with Crippen molar-refractivity contribution in [1.82, 2.24) is 15.1 Å². The first-order chi connectivity index (χ1) is 15.6. The van der Waals surface area contributed by atoms with E-state index in [0.29, 0.717) is 29.6 Å². The van der Waals surface area contributed by atoms with E-state index in [1.165, 1.54) is 12.1 Å². The molecule has 0 fully saturated rings. The lowest BCUT2D eigenvalue weighted by molar-refractivity contribution is 0.350. The molecule has 0 aliphatic rings. The van der Waals surface area contributed by atoms with Crippen LogP contribution in [0.4, 0.5) is 4.39 Å². The minimum atomic E-state index is -0.290. The molecule has 4 aromatic rings. The summed E-state index contributed by atoms with van der Waals surface area (Å²) in [6.07, 6.45) is 1.93. The van der Waals surface area contributed by atoms with Gasteiger partial charge in [0.1, 0.15) is 5.82 Å². The molecule has 0 aliphatic carbocycles. The highest BCUT2D eigenvalue weighted by atomic mass is 35.5. The van der Waals surface area contributed by atoms with Crippen molar-refractivity contribution in [3.63, 3.8) is 0 Å². The van der Waals surface area contributed by atoms with E-state index in [4.69, 9.17) is 26.2 Å². The number of aromatic nitrogens is 2. The molecule has 0 unspecified atom stereocenters. The van der Waals surface area contributed by atoms with Crippen molar-refractivity contribution in [1.29, 1.82) is 0 Å². The zero-order valence-electron chi connectivity index (χ0n) is 17.8. The Morgan fingerprint density at radius 2 is 1.66 bits per heavy atom. The average molecular weight is 452 g/mol. The van der Waals surface area contributed by atoms with Gasteiger partial charge in [-0.05, 0) is 36.4 Å². The van der Waals surface area contributed by atoms with Crippen LogP contribution in [-0.2, 0) is 13.1 Å². The first kappa shape index (κ1) is 21.9. The summed E-state index contributed by atoms with van der Waals surface area (Å²) in [5.74, 6) is 1.10. The van der Waals surface area contributed by atoms with Gasteiger partial charge in [-0.1, -0.05) is 41.9 Å². The van der Waals surface area contributed by atoms with Crippen molar-refractivity contribution >= 4 is 11.6 Å². The highest BCUT2D eigenvalue weighted by Gasteiger charge is 2.15.